The zero-order valence-corrected chi connectivity index (χ0v) is 11.7. The van der Waals surface area contributed by atoms with Gasteiger partial charge >= 0.3 is 0 Å². The molecule has 1 N–H and O–H groups in total. The van der Waals surface area contributed by atoms with Gasteiger partial charge in [-0.25, -0.2) is 9.97 Å². The van der Waals surface area contributed by atoms with E-state index >= 15 is 0 Å². The molecule has 0 saturated carbocycles. The normalized spacial score (nSPS) is 10.5. The molecule has 0 aliphatic carbocycles. The molecule has 0 aliphatic heterocycles. The number of halogens is 1. The van der Waals surface area contributed by atoms with Gasteiger partial charge in [0.2, 0.25) is 5.95 Å². The summed E-state index contributed by atoms with van der Waals surface area (Å²) in [6.45, 7) is 0.628. The van der Waals surface area contributed by atoms with E-state index in [-0.39, 0.29) is 6.61 Å². The average Bonchev–Trinajstić information content (AvgIpc) is 2.76. The van der Waals surface area contributed by atoms with Crippen molar-refractivity contribution in [3.63, 3.8) is 0 Å². The molecule has 0 fully saturated rings. The van der Waals surface area contributed by atoms with Crippen LogP contribution in [0, 0.1) is 0 Å². The summed E-state index contributed by atoms with van der Waals surface area (Å²) in [6, 6.07) is 4.04. The van der Waals surface area contributed by atoms with Gasteiger partial charge in [-0.15, -0.1) is 11.3 Å². The van der Waals surface area contributed by atoms with Crippen LogP contribution in [0.4, 0.5) is 5.95 Å². The van der Waals surface area contributed by atoms with Gasteiger partial charge in [-0.2, -0.15) is 0 Å². The molecule has 90 valence electrons. The summed E-state index contributed by atoms with van der Waals surface area (Å²) >= 11 is 5.08. The van der Waals surface area contributed by atoms with Crippen LogP contribution in [0.3, 0.4) is 0 Å². The van der Waals surface area contributed by atoms with E-state index in [2.05, 4.69) is 25.9 Å². The smallest absolute Gasteiger partial charge is 0.225 e. The van der Waals surface area contributed by atoms with E-state index < -0.39 is 0 Å². The first-order chi connectivity index (χ1) is 8.20. The molecule has 0 unspecified atom stereocenters. The molecule has 6 heteroatoms. The first-order valence-electron chi connectivity index (χ1n) is 5.10. The predicted octanol–water partition coefficient (Wildman–Crippen LogP) is 2.40. The molecule has 2 rings (SSSR count). The minimum Gasteiger partial charge on any atom is -0.395 e. The molecular weight excluding hydrogens is 302 g/mol. The minimum atomic E-state index is 0.0967. The Morgan fingerprint density at radius 3 is 2.59 bits per heavy atom. The maximum Gasteiger partial charge on any atom is 0.225 e. The summed E-state index contributed by atoms with van der Waals surface area (Å²) in [7, 11) is 1.85. The molecule has 2 aromatic heterocycles. The van der Waals surface area contributed by atoms with Crippen molar-refractivity contribution in [3.8, 4) is 10.4 Å². The third kappa shape index (κ3) is 3.02. The fraction of sp³-hybridized carbons (Fsp3) is 0.273. The lowest BCUT2D eigenvalue weighted by molar-refractivity contribution is 0.303. The van der Waals surface area contributed by atoms with Crippen molar-refractivity contribution < 1.29 is 5.11 Å². The maximum absolute atomic E-state index is 8.83. The highest BCUT2D eigenvalue weighted by Crippen LogP contribution is 2.30. The van der Waals surface area contributed by atoms with E-state index in [4.69, 9.17) is 5.11 Å². The van der Waals surface area contributed by atoms with Gasteiger partial charge in [-0.3, -0.25) is 0 Å². The van der Waals surface area contributed by atoms with Gasteiger partial charge in [0.15, 0.2) is 0 Å². The molecule has 4 nitrogen and oxygen atoms in total. The van der Waals surface area contributed by atoms with E-state index in [1.54, 1.807) is 23.7 Å². The van der Waals surface area contributed by atoms with Crippen LogP contribution in [0.5, 0.6) is 0 Å². The van der Waals surface area contributed by atoms with Crippen molar-refractivity contribution in [2.75, 3.05) is 25.1 Å². The second-order valence-corrected chi connectivity index (χ2v) is 5.98. The van der Waals surface area contributed by atoms with E-state index in [0.29, 0.717) is 12.5 Å². The van der Waals surface area contributed by atoms with Crippen LogP contribution in [0.1, 0.15) is 0 Å². The Morgan fingerprint density at radius 2 is 2.06 bits per heavy atom. The summed E-state index contributed by atoms with van der Waals surface area (Å²) in [4.78, 5) is 11.5. The highest BCUT2D eigenvalue weighted by molar-refractivity contribution is 9.11. The zero-order chi connectivity index (χ0) is 12.3. The Hall–Kier alpha value is -0.980. The molecule has 0 aromatic carbocycles. The summed E-state index contributed by atoms with van der Waals surface area (Å²) in [5, 5.41) is 8.83. The molecular formula is C11H12BrN3OS. The van der Waals surface area contributed by atoms with Crippen LogP contribution >= 0.6 is 27.3 Å². The first-order valence-corrected chi connectivity index (χ1v) is 6.71. The molecule has 0 bridgehead atoms. The Labute approximate surface area is 112 Å². The van der Waals surface area contributed by atoms with Crippen molar-refractivity contribution in [2.45, 2.75) is 0 Å². The van der Waals surface area contributed by atoms with E-state index in [9.17, 15) is 0 Å². The second kappa shape index (κ2) is 5.57. The van der Waals surface area contributed by atoms with E-state index in [1.807, 2.05) is 24.1 Å². The number of anilines is 1. The number of hydrogen-bond donors (Lipinski definition) is 1. The fourth-order valence-electron chi connectivity index (χ4n) is 1.37. The Bertz CT molecular complexity index is 486. The summed E-state index contributed by atoms with van der Waals surface area (Å²) in [5.74, 6) is 0.624. The number of hydrogen-bond acceptors (Lipinski definition) is 5. The van der Waals surface area contributed by atoms with Gasteiger partial charge in [-0.05, 0) is 28.1 Å². The second-order valence-electron chi connectivity index (χ2n) is 3.52. The van der Waals surface area contributed by atoms with E-state index in [1.165, 1.54) is 0 Å². The van der Waals surface area contributed by atoms with Crippen molar-refractivity contribution in [1.29, 1.82) is 0 Å². The summed E-state index contributed by atoms with van der Waals surface area (Å²) in [6.07, 6.45) is 3.60. The molecule has 0 atom stereocenters. The van der Waals surface area contributed by atoms with Crippen molar-refractivity contribution in [1.82, 2.24) is 9.97 Å². The number of aromatic nitrogens is 2. The molecule has 2 aromatic rings. The fourth-order valence-corrected chi connectivity index (χ4v) is 2.73. The lowest BCUT2D eigenvalue weighted by atomic mass is 10.3. The highest BCUT2D eigenvalue weighted by atomic mass is 79.9. The molecule has 2 heterocycles. The predicted molar refractivity (Wildman–Crippen MR) is 73.4 cm³/mol. The van der Waals surface area contributed by atoms with Crippen molar-refractivity contribution in [2.24, 2.45) is 0 Å². The SMILES string of the molecule is CN(CCO)c1ncc(-c2ccc(Br)s2)cn1. The van der Waals surface area contributed by atoms with Gasteiger partial charge in [-0.1, -0.05) is 0 Å². The van der Waals surface area contributed by atoms with Gasteiger partial charge in [0.05, 0.1) is 10.4 Å². The van der Waals surface area contributed by atoms with Crippen LogP contribution < -0.4 is 4.90 Å². The Balaban J connectivity index is 2.18. The van der Waals surface area contributed by atoms with Crippen molar-refractivity contribution >= 4 is 33.2 Å². The number of aliphatic hydroxyl groups excluding tert-OH is 1. The summed E-state index contributed by atoms with van der Waals surface area (Å²) in [5.41, 5.74) is 1.00. The minimum absolute atomic E-state index is 0.0967. The van der Waals surface area contributed by atoms with Crippen LogP contribution in [-0.4, -0.2) is 35.3 Å². The molecule has 0 spiro atoms. The van der Waals surface area contributed by atoms with Crippen LogP contribution in [0.25, 0.3) is 10.4 Å². The van der Waals surface area contributed by atoms with Crippen LogP contribution in [0.15, 0.2) is 28.3 Å². The largest absolute Gasteiger partial charge is 0.395 e. The lowest BCUT2D eigenvalue weighted by Crippen LogP contribution is -2.23. The first kappa shape index (κ1) is 12.5. The standard InChI is InChI=1S/C11H12BrN3OS/c1-15(4-5-16)11-13-6-8(7-14-11)9-2-3-10(12)17-9/h2-3,6-7,16H,4-5H2,1H3. The van der Waals surface area contributed by atoms with Crippen molar-refractivity contribution in [3.05, 3.63) is 28.3 Å². The highest BCUT2D eigenvalue weighted by Gasteiger charge is 2.06. The van der Waals surface area contributed by atoms with Gasteiger partial charge in [0, 0.05) is 36.4 Å². The molecule has 0 aliphatic rings. The average molecular weight is 314 g/mol. The topological polar surface area (TPSA) is 49.2 Å². The van der Waals surface area contributed by atoms with Crippen LogP contribution in [0.2, 0.25) is 0 Å². The number of thiophene rings is 1. The number of aliphatic hydroxyl groups is 1. The maximum atomic E-state index is 8.83. The molecule has 17 heavy (non-hydrogen) atoms. The van der Waals surface area contributed by atoms with Gasteiger partial charge < -0.3 is 10.0 Å². The summed E-state index contributed by atoms with van der Waals surface area (Å²) < 4.78 is 1.09. The van der Waals surface area contributed by atoms with E-state index in [0.717, 1.165) is 14.2 Å². The Morgan fingerprint density at radius 1 is 1.35 bits per heavy atom. The molecule has 0 saturated heterocycles. The van der Waals surface area contributed by atoms with Crippen LogP contribution in [-0.2, 0) is 0 Å². The third-order valence-electron chi connectivity index (χ3n) is 2.27. The zero-order valence-electron chi connectivity index (χ0n) is 9.30. The molecule has 0 radical (unpaired) electrons. The monoisotopic (exact) mass is 313 g/mol. The van der Waals surface area contributed by atoms with Gasteiger partial charge in [0.25, 0.3) is 0 Å². The number of nitrogens with zero attached hydrogens (tertiary/aromatic N) is 3. The third-order valence-corrected chi connectivity index (χ3v) is 3.95. The number of likely N-dealkylation sites (N-methyl/N-ethyl adjacent to an activating group) is 1. The Kier molecular flexibility index (Phi) is 4.09. The quantitative estimate of drug-likeness (QED) is 0.941. The lowest BCUT2D eigenvalue weighted by Gasteiger charge is -2.14. The molecule has 0 amide bonds. The van der Waals surface area contributed by atoms with Gasteiger partial charge in [0.1, 0.15) is 0 Å². The number of rotatable bonds is 4.